The Bertz CT molecular complexity index is 214. The topological polar surface area (TPSA) is 29.3 Å². The molecule has 17 heavy (non-hydrogen) atoms. The fourth-order valence-electron chi connectivity index (χ4n) is 2.34. The molecule has 0 bridgehead atoms. The smallest absolute Gasteiger partial charge is 0.0371 e. The normalized spacial score (nSPS) is 21.1. The van der Waals surface area contributed by atoms with Gasteiger partial charge in [0.05, 0.1) is 0 Å². The van der Waals surface area contributed by atoms with Gasteiger partial charge in [0.1, 0.15) is 0 Å². The van der Waals surface area contributed by atoms with Gasteiger partial charge in [-0.3, -0.25) is 0 Å². The first-order valence-corrected chi connectivity index (χ1v) is 7.17. The van der Waals surface area contributed by atoms with Crippen LogP contribution in [-0.2, 0) is 0 Å². The maximum absolute atomic E-state index is 5.11. The van der Waals surface area contributed by atoms with Crippen LogP contribution in [0.4, 0.5) is 0 Å². The van der Waals surface area contributed by atoms with Gasteiger partial charge < -0.3 is 10.6 Å². The minimum absolute atomic E-state index is 0.333. The molecule has 0 aromatic heterocycles. The first-order chi connectivity index (χ1) is 7.96. The lowest BCUT2D eigenvalue weighted by Crippen LogP contribution is -2.48. The Kier molecular flexibility index (Phi) is 7.53. The van der Waals surface area contributed by atoms with Crippen molar-refractivity contribution < 1.29 is 0 Å². The van der Waals surface area contributed by atoms with Crippen LogP contribution >= 0.6 is 0 Å². The summed E-state index contributed by atoms with van der Waals surface area (Å²) >= 11 is 0. The van der Waals surface area contributed by atoms with Crippen LogP contribution in [0.25, 0.3) is 0 Å². The summed E-state index contributed by atoms with van der Waals surface area (Å²) in [5.41, 5.74) is 7.00. The first-order valence-electron chi connectivity index (χ1n) is 7.17. The Morgan fingerprint density at radius 1 is 1.24 bits per heavy atom. The van der Waals surface area contributed by atoms with E-state index in [0.29, 0.717) is 11.6 Å². The predicted molar refractivity (Wildman–Crippen MR) is 78.0 cm³/mol. The molecule has 2 N–H and O–H groups in total. The van der Waals surface area contributed by atoms with Gasteiger partial charge in [-0.2, -0.15) is 0 Å². The van der Waals surface area contributed by atoms with E-state index in [9.17, 15) is 0 Å². The van der Waals surface area contributed by atoms with E-state index < -0.39 is 0 Å². The minimum Gasteiger partial charge on any atom is -0.370 e. The molecule has 0 radical (unpaired) electrons. The second-order valence-corrected chi connectivity index (χ2v) is 5.42. The number of allylic oxidation sites excluding steroid dienone is 1. The highest BCUT2D eigenvalue weighted by atomic mass is 15.2. The van der Waals surface area contributed by atoms with E-state index in [-0.39, 0.29) is 0 Å². The Balaban J connectivity index is 0.000000368. The second-order valence-electron chi connectivity index (χ2n) is 5.42. The van der Waals surface area contributed by atoms with Crippen molar-refractivity contribution in [2.75, 3.05) is 6.54 Å². The molecule has 2 aliphatic rings. The molecule has 1 aliphatic heterocycles. The average molecular weight is 240 g/mol. The number of nitrogens with zero attached hydrogens (tertiary/aromatic N) is 1. The average Bonchev–Trinajstić information content (AvgIpc) is 2.64. The summed E-state index contributed by atoms with van der Waals surface area (Å²) in [6, 6.07) is 0.333. The predicted octanol–water partition coefficient (Wildman–Crippen LogP) is 3.92. The fraction of sp³-hybridized carbons (Fsp3) is 0.867. The van der Waals surface area contributed by atoms with Crippen molar-refractivity contribution in [3.63, 3.8) is 0 Å². The number of likely N-dealkylation sites (tertiary alicyclic amines) is 1. The third-order valence-electron chi connectivity index (χ3n) is 3.31. The lowest BCUT2D eigenvalue weighted by atomic mass is 9.77. The number of hydrogen-bond acceptors (Lipinski definition) is 2. The molecule has 0 unspecified atom stereocenters. The molecule has 1 saturated carbocycles. The quantitative estimate of drug-likeness (QED) is 0.753. The molecule has 0 aromatic carbocycles. The van der Waals surface area contributed by atoms with E-state index in [4.69, 9.17) is 5.73 Å². The molecule has 0 aromatic rings. The van der Waals surface area contributed by atoms with E-state index in [1.165, 1.54) is 44.3 Å². The number of rotatable bonds is 1. The zero-order valence-corrected chi connectivity index (χ0v) is 12.6. The van der Waals surface area contributed by atoms with Crippen LogP contribution in [0.3, 0.4) is 0 Å². The first kappa shape index (κ1) is 16.5. The van der Waals surface area contributed by atoms with Gasteiger partial charge in [0, 0.05) is 17.8 Å². The third-order valence-corrected chi connectivity index (χ3v) is 3.31. The molecule has 2 rings (SSSR count). The largest absolute Gasteiger partial charge is 0.370 e. The molecule has 2 nitrogen and oxygen atoms in total. The molecule has 102 valence electrons. The maximum Gasteiger partial charge on any atom is 0.0371 e. The lowest BCUT2D eigenvalue weighted by Gasteiger charge is -2.48. The Morgan fingerprint density at radius 3 is 1.94 bits per heavy atom. The van der Waals surface area contributed by atoms with Gasteiger partial charge >= 0.3 is 0 Å². The van der Waals surface area contributed by atoms with Crippen LogP contribution in [0, 0.1) is 0 Å². The van der Waals surface area contributed by atoms with Crippen molar-refractivity contribution >= 4 is 0 Å². The molecule has 2 heteroatoms. The van der Waals surface area contributed by atoms with Gasteiger partial charge in [-0.05, 0) is 45.1 Å². The Labute approximate surface area is 108 Å². The second kappa shape index (κ2) is 7.75. The van der Waals surface area contributed by atoms with Crippen molar-refractivity contribution in [3.8, 4) is 0 Å². The SMILES string of the molecule is C=C1CCCN1C1(C)CCC1.CC.CC(C)N. The van der Waals surface area contributed by atoms with Gasteiger partial charge in [-0.1, -0.05) is 34.3 Å². The molecular weight excluding hydrogens is 208 g/mol. The number of nitrogens with two attached hydrogens (primary N) is 1. The third kappa shape index (κ3) is 5.12. The molecule has 2 fully saturated rings. The highest BCUT2D eigenvalue weighted by Gasteiger charge is 2.39. The Hall–Kier alpha value is -0.500. The molecule has 1 saturated heterocycles. The number of hydrogen-bond donors (Lipinski definition) is 1. The summed E-state index contributed by atoms with van der Waals surface area (Å²) in [5.74, 6) is 0. The van der Waals surface area contributed by atoms with E-state index in [2.05, 4.69) is 18.4 Å². The zero-order chi connectivity index (χ0) is 13.5. The van der Waals surface area contributed by atoms with Crippen molar-refractivity contribution in [2.24, 2.45) is 5.73 Å². The van der Waals surface area contributed by atoms with Crippen LogP contribution in [0.2, 0.25) is 0 Å². The fourth-order valence-corrected chi connectivity index (χ4v) is 2.34. The summed E-state index contributed by atoms with van der Waals surface area (Å²) < 4.78 is 0. The molecule has 0 amide bonds. The van der Waals surface area contributed by atoms with E-state index >= 15 is 0 Å². The molecule has 0 atom stereocenters. The van der Waals surface area contributed by atoms with Crippen molar-refractivity contribution in [1.82, 2.24) is 4.90 Å². The van der Waals surface area contributed by atoms with Crippen molar-refractivity contribution in [3.05, 3.63) is 12.3 Å². The lowest BCUT2D eigenvalue weighted by molar-refractivity contribution is 0.0786. The van der Waals surface area contributed by atoms with E-state index in [1.54, 1.807) is 0 Å². The summed E-state index contributed by atoms with van der Waals surface area (Å²) in [4.78, 5) is 2.54. The van der Waals surface area contributed by atoms with Crippen LogP contribution < -0.4 is 5.73 Å². The molecule has 1 heterocycles. The zero-order valence-electron chi connectivity index (χ0n) is 12.6. The Morgan fingerprint density at radius 2 is 1.71 bits per heavy atom. The van der Waals surface area contributed by atoms with E-state index in [1.807, 2.05) is 27.7 Å². The van der Waals surface area contributed by atoms with Gasteiger partial charge in [0.25, 0.3) is 0 Å². The van der Waals surface area contributed by atoms with Gasteiger partial charge in [-0.25, -0.2) is 0 Å². The minimum atomic E-state index is 0.333. The van der Waals surface area contributed by atoms with Gasteiger partial charge in [0.15, 0.2) is 0 Å². The van der Waals surface area contributed by atoms with Gasteiger partial charge in [0.2, 0.25) is 0 Å². The summed E-state index contributed by atoms with van der Waals surface area (Å²) in [7, 11) is 0. The molecule has 1 aliphatic carbocycles. The summed E-state index contributed by atoms with van der Waals surface area (Å²) in [5, 5.41) is 0. The summed E-state index contributed by atoms with van der Waals surface area (Å²) in [6.45, 7) is 15.6. The van der Waals surface area contributed by atoms with Crippen LogP contribution in [-0.4, -0.2) is 23.0 Å². The highest BCUT2D eigenvalue weighted by molar-refractivity contribution is 5.09. The highest BCUT2D eigenvalue weighted by Crippen LogP contribution is 2.41. The molecule has 0 spiro atoms. The maximum atomic E-state index is 5.11. The van der Waals surface area contributed by atoms with Gasteiger partial charge in [-0.15, -0.1) is 0 Å². The van der Waals surface area contributed by atoms with E-state index in [0.717, 1.165) is 0 Å². The van der Waals surface area contributed by atoms with Crippen LogP contribution in [0.15, 0.2) is 12.3 Å². The standard InChI is InChI=1S/C10H17N.C3H9N.C2H6/c1-9-5-3-8-11(9)10(2)6-4-7-10;1-3(2)4;1-2/h1,3-8H2,2H3;3H,4H2,1-2H3;1-2H3. The van der Waals surface area contributed by atoms with Crippen molar-refractivity contribution in [2.45, 2.75) is 78.3 Å². The summed E-state index contributed by atoms with van der Waals surface area (Å²) in [6.07, 6.45) is 6.74. The van der Waals surface area contributed by atoms with Crippen LogP contribution in [0.1, 0.15) is 66.7 Å². The van der Waals surface area contributed by atoms with Crippen molar-refractivity contribution in [1.29, 1.82) is 0 Å². The monoisotopic (exact) mass is 240 g/mol. The van der Waals surface area contributed by atoms with Crippen LogP contribution in [0.5, 0.6) is 0 Å². The molecular formula is C15H32N2.